The molecule has 0 saturated heterocycles. The minimum Gasteiger partial charge on any atom is -0.384 e. The molecule has 1 heterocycles. The Morgan fingerprint density at radius 3 is 2.69 bits per heavy atom. The van der Waals surface area contributed by atoms with Crippen molar-refractivity contribution in [3.05, 3.63) is 11.9 Å². The van der Waals surface area contributed by atoms with Crippen molar-refractivity contribution in [2.75, 3.05) is 23.5 Å². The normalized spacial score (nSPS) is 11.6. The highest BCUT2D eigenvalue weighted by Crippen LogP contribution is 2.17. The molecule has 0 saturated carbocycles. The Bertz CT molecular complexity index is 460. The molecule has 1 aromatic rings. The molecule has 0 aliphatic carbocycles. The predicted molar refractivity (Wildman–Crippen MR) is 66.3 cm³/mol. The van der Waals surface area contributed by atoms with Crippen LogP contribution in [0.25, 0.3) is 0 Å². The molecule has 90 valence electrons. The summed E-state index contributed by atoms with van der Waals surface area (Å²) in [6.07, 6.45) is 1.93. The minimum atomic E-state index is -2.92. The van der Waals surface area contributed by atoms with Crippen LogP contribution in [0.1, 0.15) is 12.7 Å². The van der Waals surface area contributed by atoms with Gasteiger partial charge in [-0.1, -0.05) is 6.92 Å². The van der Waals surface area contributed by atoms with E-state index in [1.54, 1.807) is 6.07 Å². The number of thioether (sulfide) groups is 1. The van der Waals surface area contributed by atoms with Crippen LogP contribution < -0.4 is 5.73 Å². The topological polar surface area (TPSA) is 85.9 Å². The van der Waals surface area contributed by atoms with Gasteiger partial charge in [0, 0.05) is 24.5 Å². The Morgan fingerprint density at radius 1 is 1.44 bits per heavy atom. The first kappa shape index (κ1) is 13.2. The second-order valence-electron chi connectivity index (χ2n) is 3.38. The van der Waals surface area contributed by atoms with Crippen molar-refractivity contribution in [2.24, 2.45) is 0 Å². The quantitative estimate of drug-likeness (QED) is 0.622. The van der Waals surface area contributed by atoms with Crippen molar-refractivity contribution in [1.82, 2.24) is 9.97 Å². The number of aromatic nitrogens is 2. The molecule has 0 amide bonds. The largest absolute Gasteiger partial charge is 0.384 e. The average Bonchev–Trinajstić information content (AvgIpc) is 2.14. The SMILES string of the molecule is CCc1nc(N)cc(SCCS(C)(=O)=O)n1. The zero-order chi connectivity index (χ0) is 12.2. The Balaban J connectivity index is 2.63. The molecule has 0 atom stereocenters. The molecule has 1 rings (SSSR count). The predicted octanol–water partition coefficient (Wildman–Crippen LogP) is 0.758. The summed E-state index contributed by atoms with van der Waals surface area (Å²) in [7, 11) is -2.92. The molecular weight excluding hydrogens is 246 g/mol. The Morgan fingerprint density at radius 2 is 2.12 bits per heavy atom. The molecule has 0 fully saturated rings. The van der Waals surface area contributed by atoms with Crippen molar-refractivity contribution in [3.8, 4) is 0 Å². The highest BCUT2D eigenvalue weighted by molar-refractivity contribution is 8.00. The summed E-state index contributed by atoms with van der Waals surface area (Å²) in [5.41, 5.74) is 5.61. The van der Waals surface area contributed by atoms with E-state index in [1.807, 2.05) is 6.92 Å². The molecule has 0 aromatic carbocycles. The van der Waals surface area contributed by atoms with E-state index in [1.165, 1.54) is 18.0 Å². The van der Waals surface area contributed by atoms with Crippen molar-refractivity contribution >= 4 is 27.4 Å². The Labute approximate surface area is 99.8 Å². The number of aryl methyl sites for hydroxylation is 1. The molecule has 7 heteroatoms. The first-order chi connectivity index (χ1) is 7.40. The fourth-order valence-electron chi connectivity index (χ4n) is 1.02. The van der Waals surface area contributed by atoms with Gasteiger partial charge in [-0.2, -0.15) is 0 Å². The number of nitrogen functional groups attached to an aromatic ring is 1. The lowest BCUT2D eigenvalue weighted by Gasteiger charge is -2.03. The number of rotatable bonds is 5. The van der Waals surface area contributed by atoms with Crippen LogP contribution >= 0.6 is 11.8 Å². The maximum absolute atomic E-state index is 10.9. The van der Waals surface area contributed by atoms with Crippen molar-refractivity contribution in [1.29, 1.82) is 0 Å². The van der Waals surface area contributed by atoms with Crippen molar-refractivity contribution < 1.29 is 8.42 Å². The van der Waals surface area contributed by atoms with Gasteiger partial charge in [0.2, 0.25) is 0 Å². The molecule has 0 aliphatic heterocycles. The van der Waals surface area contributed by atoms with E-state index in [9.17, 15) is 8.42 Å². The van der Waals surface area contributed by atoms with Gasteiger partial charge < -0.3 is 5.73 Å². The van der Waals surface area contributed by atoms with E-state index in [0.717, 1.165) is 5.03 Å². The van der Waals surface area contributed by atoms with Gasteiger partial charge in [0.05, 0.1) is 5.75 Å². The highest BCUT2D eigenvalue weighted by Gasteiger charge is 2.05. The lowest BCUT2D eigenvalue weighted by atomic mass is 10.4. The monoisotopic (exact) mass is 261 g/mol. The lowest BCUT2D eigenvalue weighted by molar-refractivity contribution is 0.603. The molecule has 0 unspecified atom stereocenters. The van der Waals surface area contributed by atoms with E-state index in [0.29, 0.717) is 23.8 Å². The van der Waals surface area contributed by atoms with Crippen molar-refractivity contribution in [3.63, 3.8) is 0 Å². The van der Waals surface area contributed by atoms with Gasteiger partial charge in [0.15, 0.2) is 0 Å². The van der Waals surface area contributed by atoms with Crippen LogP contribution in [0.3, 0.4) is 0 Å². The third kappa shape index (κ3) is 4.80. The Hall–Kier alpha value is -0.820. The maximum Gasteiger partial charge on any atom is 0.148 e. The number of nitrogens with two attached hydrogens (primary N) is 1. The first-order valence-corrected chi connectivity index (χ1v) is 7.89. The number of sulfone groups is 1. The fraction of sp³-hybridized carbons (Fsp3) is 0.556. The van der Waals surface area contributed by atoms with E-state index in [2.05, 4.69) is 9.97 Å². The summed E-state index contributed by atoms with van der Waals surface area (Å²) >= 11 is 1.38. The average molecular weight is 261 g/mol. The molecule has 0 radical (unpaired) electrons. The molecule has 2 N–H and O–H groups in total. The molecular formula is C9H15N3O2S2. The highest BCUT2D eigenvalue weighted by atomic mass is 32.2. The number of hydrogen-bond acceptors (Lipinski definition) is 6. The van der Waals surface area contributed by atoms with E-state index < -0.39 is 9.84 Å². The smallest absolute Gasteiger partial charge is 0.148 e. The molecule has 5 nitrogen and oxygen atoms in total. The summed E-state index contributed by atoms with van der Waals surface area (Å²) in [4.78, 5) is 8.29. The standard InChI is InChI=1S/C9H15N3O2S2/c1-3-8-11-7(10)6-9(12-8)15-4-5-16(2,13)14/h6H,3-5H2,1-2H3,(H2,10,11,12). The summed E-state index contributed by atoms with van der Waals surface area (Å²) in [6, 6.07) is 1.66. The van der Waals surface area contributed by atoms with E-state index >= 15 is 0 Å². The number of hydrogen-bond donors (Lipinski definition) is 1. The van der Waals surface area contributed by atoms with Gasteiger partial charge in [-0.15, -0.1) is 11.8 Å². The van der Waals surface area contributed by atoms with Crippen LogP contribution in [-0.2, 0) is 16.3 Å². The van der Waals surface area contributed by atoms with Crippen LogP contribution in [0, 0.1) is 0 Å². The van der Waals surface area contributed by atoms with E-state index in [-0.39, 0.29) is 5.75 Å². The van der Waals surface area contributed by atoms with Crippen LogP contribution in [0.5, 0.6) is 0 Å². The molecule has 0 spiro atoms. The molecule has 1 aromatic heterocycles. The maximum atomic E-state index is 10.9. The van der Waals surface area contributed by atoms with Gasteiger partial charge in [0.1, 0.15) is 26.5 Å². The summed E-state index contributed by atoms with van der Waals surface area (Å²) in [6.45, 7) is 1.94. The van der Waals surface area contributed by atoms with E-state index in [4.69, 9.17) is 5.73 Å². The van der Waals surface area contributed by atoms with Gasteiger partial charge in [-0.05, 0) is 0 Å². The second-order valence-corrected chi connectivity index (χ2v) is 6.75. The van der Waals surface area contributed by atoms with Gasteiger partial charge in [-0.3, -0.25) is 0 Å². The number of anilines is 1. The fourth-order valence-corrected chi connectivity index (χ4v) is 3.15. The number of nitrogens with zero attached hydrogens (tertiary/aromatic N) is 2. The van der Waals surface area contributed by atoms with Crippen LogP contribution in [0.2, 0.25) is 0 Å². The minimum absolute atomic E-state index is 0.142. The summed E-state index contributed by atoms with van der Waals surface area (Å²) < 4.78 is 21.9. The van der Waals surface area contributed by atoms with Crippen molar-refractivity contribution in [2.45, 2.75) is 18.4 Å². The van der Waals surface area contributed by atoms with Crippen LogP contribution in [0.4, 0.5) is 5.82 Å². The molecule has 0 aliphatic rings. The Kier molecular flexibility index (Phi) is 4.55. The zero-order valence-corrected chi connectivity index (χ0v) is 10.9. The van der Waals surface area contributed by atoms with Crippen LogP contribution in [0.15, 0.2) is 11.1 Å². The summed E-state index contributed by atoms with van der Waals surface area (Å²) in [5, 5.41) is 0.730. The van der Waals surface area contributed by atoms with Crippen LogP contribution in [-0.4, -0.2) is 36.1 Å². The van der Waals surface area contributed by atoms with Gasteiger partial charge in [-0.25, -0.2) is 18.4 Å². The van der Waals surface area contributed by atoms with Gasteiger partial charge in [0.25, 0.3) is 0 Å². The zero-order valence-electron chi connectivity index (χ0n) is 9.30. The van der Waals surface area contributed by atoms with Gasteiger partial charge >= 0.3 is 0 Å². The third-order valence-corrected chi connectivity index (χ3v) is 3.91. The summed E-state index contributed by atoms with van der Waals surface area (Å²) in [5.74, 6) is 1.73. The first-order valence-electron chi connectivity index (χ1n) is 4.84. The molecule has 0 bridgehead atoms. The molecule has 16 heavy (non-hydrogen) atoms. The third-order valence-electron chi connectivity index (χ3n) is 1.79. The lowest BCUT2D eigenvalue weighted by Crippen LogP contribution is -2.06. The second kappa shape index (κ2) is 5.49.